The summed E-state index contributed by atoms with van der Waals surface area (Å²) in [6, 6.07) is 1.49. The zero-order valence-electron chi connectivity index (χ0n) is 10.3. The Kier molecular flexibility index (Phi) is 4.24. The molecular weight excluding hydrogens is 261 g/mol. The van der Waals surface area contributed by atoms with Gasteiger partial charge in [0.25, 0.3) is 0 Å². The van der Waals surface area contributed by atoms with Crippen molar-refractivity contribution in [1.82, 2.24) is 4.98 Å². The lowest BCUT2D eigenvalue weighted by molar-refractivity contribution is 0.286. The van der Waals surface area contributed by atoms with Gasteiger partial charge in [-0.1, -0.05) is 0 Å². The third-order valence-electron chi connectivity index (χ3n) is 2.05. The van der Waals surface area contributed by atoms with Crippen LogP contribution in [0.2, 0.25) is 0 Å². The Morgan fingerprint density at radius 3 is 2.33 bits per heavy atom. The van der Waals surface area contributed by atoms with E-state index in [4.69, 9.17) is 18.7 Å². The second-order valence-electron chi connectivity index (χ2n) is 3.35. The maximum absolute atomic E-state index is 12.2. The summed E-state index contributed by atoms with van der Waals surface area (Å²) in [5, 5.41) is 8.89. The molecule has 0 saturated heterocycles. The maximum atomic E-state index is 12.2. The van der Waals surface area contributed by atoms with Crippen molar-refractivity contribution in [3.8, 4) is 6.07 Å². The normalized spacial score (nSPS) is 11.1. The maximum Gasteiger partial charge on any atom is 0.380 e. The van der Waals surface area contributed by atoms with Crippen molar-refractivity contribution in [3.63, 3.8) is 0 Å². The summed E-state index contributed by atoms with van der Waals surface area (Å²) in [6.45, 7) is 0. The number of rotatable bonds is 4. The summed E-state index contributed by atoms with van der Waals surface area (Å²) in [5.41, 5.74) is -1.79. The average molecular weight is 273 g/mol. The van der Waals surface area contributed by atoms with E-state index in [9.17, 15) is 9.36 Å². The third-order valence-corrected chi connectivity index (χ3v) is 3.85. The minimum Gasteiger partial charge on any atom is -0.388 e. The molecule has 0 N–H and O–H groups in total. The van der Waals surface area contributed by atoms with Crippen LogP contribution in [0.3, 0.4) is 0 Å². The number of anilines is 1. The molecule has 0 fully saturated rings. The minimum atomic E-state index is -3.80. The summed E-state index contributed by atoms with van der Waals surface area (Å²) in [6.07, 6.45) is 0. The fourth-order valence-electron chi connectivity index (χ4n) is 1.13. The van der Waals surface area contributed by atoms with Gasteiger partial charge < -0.3 is 18.4 Å². The fourth-order valence-corrected chi connectivity index (χ4v) is 2.25. The number of hydrogen-bond acceptors (Lipinski definition) is 8. The van der Waals surface area contributed by atoms with Crippen LogP contribution in [0.5, 0.6) is 0 Å². The van der Waals surface area contributed by atoms with E-state index < -0.39 is 18.8 Å². The van der Waals surface area contributed by atoms with Crippen LogP contribution < -0.4 is 16.0 Å². The molecule has 0 bridgehead atoms. The standard InChI is InChI=1S/C9H12N3O5P/c1-12(2)9-11-7(18(14,15-3)16-4)6(5-10)8(13)17-9/h1-4H3. The van der Waals surface area contributed by atoms with E-state index in [2.05, 4.69) is 4.98 Å². The van der Waals surface area contributed by atoms with E-state index in [0.717, 1.165) is 14.2 Å². The number of hydrogen-bond donors (Lipinski definition) is 0. The smallest absolute Gasteiger partial charge is 0.380 e. The average Bonchev–Trinajstić information content (AvgIpc) is 2.36. The van der Waals surface area contributed by atoms with Crippen molar-refractivity contribution in [2.45, 2.75) is 0 Å². The summed E-state index contributed by atoms with van der Waals surface area (Å²) < 4.78 is 26.4. The highest BCUT2D eigenvalue weighted by atomic mass is 31.2. The van der Waals surface area contributed by atoms with Gasteiger partial charge in [0.05, 0.1) is 0 Å². The summed E-state index contributed by atoms with van der Waals surface area (Å²) in [4.78, 5) is 16.8. The summed E-state index contributed by atoms with van der Waals surface area (Å²) in [7, 11) is 1.62. The number of nitriles is 1. The van der Waals surface area contributed by atoms with Gasteiger partial charge in [-0.15, -0.1) is 0 Å². The highest BCUT2D eigenvalue weighted by Gasteiger charge is 2.33. The minimum absolute atomic E-state index is 0.0941. The quantitative estimate of drug-likeness (QED) is 0.710. The van der Waals surface area contributed by atoms with Crippen molar-refractivity contribution >= 4 is 19.0 Å². The Morgan fingerprint density at radius 1 is 1.39 bits per heavy atom. The van der Waals surface area contributed by atoms with Crippen LogP contribution in [0.4, 0.5) is 6.01 Å². The summed E-state index contributed by atoms with van der Waals surface area (Å²) >= 11 is 0. The van der Waals surface area contributed by atoms with Crippen molar-refractivity contribution in [1.29, 1.82) is 5.26 Å². The molecule has 0 radical (unpaired) electrons. The van der Waals surface area contributed by atoms with Gasteiger partial charge in [0.15, 0.2) is 11.0 Å². The molecule has 98 valence electrons. The lowest BCUT2D eigenvalue weighted by Gasteiger charge is -2.15. The Labute approximate surface area is 103 Å². The van der Waals surface area contributed by atoms with Crippen LogP contribution in [0.15, 0.2) is 9.21 Å². The monoisotopic (exact) mass is 273 g/mol. The summed E-state index contributed by atoms with van der Waals surface area (Å²) in [5.74, 6) is 0. The molecule has 0 unspecified atom stereocenters. The van der Waals surface area contributed by atoms with Crippen LogP contribution in [0.1, 0.15) is 5.56 Å². The van der Waals surface area contributed by atoms with Crippen molar-refractivity contribution in [2.24, 2.45) is 0 Å². The third kappa shape index (κ3) is 2.43. The lowest BCUT2D eigenvalue weighted by atomic mass is 10.4. The Balaban J connectivity index is 3.66. The first-order chi connectivity index (χ1) is 8.39. The molecule has 18 heavy (non-hydrogen) atoms. The van der Waals surface area contributed by atoms with Crippen molar-refractivity contribution < 1.29 is 18.0 Å². The molecular formula is C9H12N3O5P. The molecule has 0 aliphatic rings. The molecule has 1 rings (SSSR count). The predicted molar refractivity (Wildman–Crippen MR) is 63.1 cm³/mol. The molecule has 0 saturated carbocycles. The Morgan fingerprint density at radius 2 is 1.94 bits per heavy atom. The number of aromatic nitrogens is 1. The van der Waals surface area contributed by atoms with Crippen LogP contribution >= 0.6 is 7.60 Å². The first kappa shape index (κ1) is 14.4. The van der Waals surface area contributed by atoms with Crippen molar-refractivity contribution in [3.05, 3.63) is 16.0 Å². The van der Waals surface area contributed by atoms with Gasteiger partial charge in [-0.2, -0.15) is 10.2 Å². The van der Waals surface area contributed by atoms with Gasteiger partial charge in [0.2, 0.25) is 0 Å². The van der Waals surface area contributed by atoms with E-state index in [0.29, 0.717) is 0 Å². The highest BCUT2D eigenvalue weighted by Crippen LogP contribution is 2.45. The van der Waals surface area contributed by atoms with E-state index in [1.54, 1.807) is 20.2 Å². The Hall–Kier alpha value is -1.68. The largest absolute Gasteiger partial charge is 0.388 e. The topological polar surface area (TPSA) is 106 Å². The molecule has 0 amide bonds. The van der Waals surface area contributed by atoms with Gasteiger partial charge in [0.1, 0.15) is 6.07 Å². The first-order valence-corrected chi connectivity index (χ1v) is 6.28. The van der Waals surface area contributed by atoms with E-state index in [1.807, 2.05) is 0 Å². The molecule has 0 spiro atoms. The molecule has 0 aliphatic carbocycles. The van der Waals surface area contributed by atoms with Crippen LogP contribution in [0.25, 0.3) is 0 Å². The van der Waals surface area contributed by atoms with Gasteiger partial charge in [-0.05, 0) is 0 Å². The first-order valence-electron chi connectivity index (χ1n) is 4.74. The van der Waals surface area contributed by atoms with Crippen LogP contribution in [-0.4, -0.2) is 33.3 Å². The fraction of sp³-hybridized carbons (Fsp3) is 0.444. The molecule has 1 aromatic heterocycles. The number of nitrogens with zero attached hydrogens (tertiary/aromatic N) is 3. The SMILES string of the molecule is COP(=O)(OC)c1nc(N(C)C)oc(=O)c1C#N. The zero-order chi connectivity index (χ0) is 13.9. The lowest BCUT2D eigenvalue weighted by Crippen LogP contribution is -2.27. The molecule has 1 aromatic rings. The van der Waals surface area contributed by atoms with E-state index in [1.165, 1.54) is 4.90 Å². The highest BCUT2D eigenvalue weighted by molar-refractivity contribution is 7.62. The van der Waals surface area contributed by atoms with Gasteiger partial charge in [-0.25, -0.2) is 4.79 Å². The molecule has 0 aliphatic heterocycles. The zero-order valence-corrected chi connectivity index (χ0v) is 11.2. The molecule has 0 aromatic carbocycles. The van der Waals surface area contributed by atoms with Crippen molar-refractivity contribution in [2.75, 3.05) is 33.2 Å². The second-order valence-corrected chi connectivity index (χ2v) is 5.50. The molecule has 8 nitrogen and oxygen atoms in total. The Bertz CT molecular complexity index is 581. The molecule has 1 heterocycles. The van der Waals surface area contributed by atoms with Gasteiger partial charge >= 0.3 is 19.2 Å². The van der Waals surface area contributed by atoms with Crippen LogP contribution in [0, 0.1) is 11.3 Å². The van der Waals surface area contributed by atoms with E-state index >= 15 is 0 Å². The van der Waals surface area contributed by atoms with Gasteiger partial charge in [0, 0.05) is 28.3 Å². The van der Waals surface area contributed by atoms with Gasteiger partial charge in [-0.3, -0.25) is 4.57 Å². The molecule has 9 heteroatoms. The second kappa shape index (κ2) is 5.31. The molecule has 0 atom stereocenters. The van der Waals surface area contributed by atoms with Crippen LogP contribution in [-0.2, 0) is 13.6 Å². The van der Waals surface area contributed by atoms with E-state index in [-0.39, 0.29) is 11.4 Å². The predicted octanol–water partition coefficient (Wildman–Crippen LogP) is 0.0837.